The van der Waals surface area contributed by atoms with Gasteiger partial charge in [0.15, 0.2) is 5.75 Å². The van der Waals surface area contributed by atoms with Crippen molar-refractivity contribution in [2.75, 3.05) is 7.11 Å². The molecule has 0 aliphatic carbocycles. The van der Waals surface area contributed by atoms with Gasteiger partial charge < -0.3 is 13.9 Å². The maximum absolute atomic E-state index is 6.24. The molecule has 0 atom stereocenters. The van der Waals surface area contributed by atoms with Crippen molar-refractivity contribution in [3.63, 3.8) is 0 Å². The van der Waals surface area contributed by atoms with Gasteiger partial charge in [0, 0.05) is 6.07 Å². The van der Waals surface area contributed by atoms with Gasteiger partial charge in [0.1, 0.15) is 11.5 Å². The molecule has 0 saturated carbocycles. The van der Waals surface area contributed by atoms with E-state index < -0.39 is 8.32 Å². The number of thiocarbonyl (C=S) groups is 1. The van der Waals surface area contributed by atoms with Crippen LogP contribution in [0.25, 0.3) is 0 Å². The van der Waals surface area contributed by atoms with E-state index in [-0.39, 0.29) is 9.55 Å². The molecule has 0 amide bonds. The summed E-state index contributed by atoms with van der Waals surface area (Å²) in [6.45, 7) is 10.9. The van der Waals surface area contributed by atoms with Gasteiger partial charge in [0.2, 0.25) is 0 Å². The molecular weight excluding hydrogens is 312 g/mol. The second-order valence-corrected chi connectivity index (χ2v) is 11.7. The zero-order valence-electron chi connectivity index (χ0n) is 12.7. The van der Waals surface area contributed by atoms with Crippen molar-refractivity contribution in [1.82, 2.24) is 0 Å². The van der Waals surface area contributed by atoms with Crippen molar-refractivity contribution in [2.24, 2.45) is 0 Å². The molecule has 0 aliphatic rings. The zero-order valence-corrected chi connectivity index (χ0v) is 15.3. The lowest BCUT2D eigenvalue weighted by molar-refractivity contribution is 0.383. The van der Waals surface area contributed by atoms with Crippen LogP contribution in [-0.4, -0.2) is 19.9 Å². The minimum absolute atomic E-state index is 0.0508. The van der Waals surface area contributed by atoms with Crippen LogP contribution in [0.2, 0.25) is 18.1 Å². The van der Waals surface area contributed by atoms with E-state index in [0.29, 0.717) is 17.2 Å². The molecule has 1 rings (SSSR count). The van der Waals surface area contributed by atoms with Gasteiger partial charge in [-0.05, 0) is 54.1 Å². The zero-order chi connectivity index (χ0) is 15.6. The first-order valence-electron chi connectivity index (χ1n) is 6.31. The predicted octanol–water partition coefficient (Wildman–Crippen LogP) is 4.98. The molecule has 0 fully saturated rings. The van der Waals surface area contributed by atoms with Crippen molar-refractivity contribution in [1.29, 1.82) is 0 Å². The average Bonchev–Trinajstić information content (AvgIpc) is 2.28. The number of ether oxygens (including phenoxy) is 2. The van der Waals surface area contributed by atoms with E-state index in [1.165, 1.54) is 0 Å². The van der Waals surface area contributed by atoms with Crippen LogP contribution in [-0.2, 0) is 0 Å². The molecule has 1 aromatic rings. The fraction of sp³-hybridized carbons (Fsp3) is 0.500. The molecule has 0 spiro atoms. The highest BCUT2D eigenvalue weighted by atomic mass is 35.5. The topological polar surface area (TPSA) is 27.7 Å². The van der Waals surface area contributed by atoms with Crippen molar-refractivity contribution >= 4 is 36.6 Å². The van der Waals surface area contributed by atoms with E-state index in [4.69, 9.17) is 37.7 Å². The Morgan fingerprint density at radius 3 is 2.25 bits per heavy atom. The number of hydrogen-bond donors (Lipinski definition) is 0. The third-order valence-corrected chi connectivity index (χ3v) is 8.01. The van der Waals surface area contributed by atoms with Gasteiger partial charge in [-0.2, -0.15) is 0 Å². The van der Waals surface area contributed by atoms with Gasteiger partial charge in [0.25, 0.3) is 12.8 Å². The number of methoxy groups -OCH3 is 1. The van der Waals surface area contributed by atoms with Crippen LogP contribution in [0.4, 0.5) is 0 Å². The summed E-state index contributed by atoms with van der Waals surface area (Å²) in [6, 6.07) is 5.31. The summed E-state index contributed by atoms with van der Waals surface area (Å²) >= 11 is 10.3. The molecule has 0 unspecified atom stereocenters. The largest absolute Gasteiger partial charge is 0.541 e. The van der Waals surface area contributed by atoms with Crippen LogP contribution in [0.15, 0.2) is 18.2 Å². The quantitative estimate of drug-likeness (QED) is 0.441. The summed E-state index contributed by atoms with van der Waals surface area (Å²) in [5.74, 6) is 1.86. The molecule has 0 aliphatic heterocycles. The van der Waals surface area contributed by atoms with Gasteiger partial charge in [0.05, 0.1) is 7.11 Å². The highest BCUT2D eigenvalue weighted by Gasteiger charge is 2.39. The Hall–Kier alpha value is -0.783. The van der Waals surface area contributed by atoms with Crippen LogP contribution in [0.5, 0.6) is 17.2 Å². The van der Waals surface area contributed by atoms with Gasteiger partial charge >= 0.3 is 0 Å². The maximum Gasteiger partial charge on any atom is 0.260 e. The lowest BCUT2D eigenvalue weighted by atomic mass is 10.2. The summed E-state index contributed by atoms with van der Waals surface area (Å²) in [6.07, 6.45) is 0. The van der Waals surface area contributed by atoms with Crippen LogP contribution in [0, 0.1) is 0 Å². The SMILES string of the molecule is COc1cc(OC(=S)Cl)ccc1O[Si](C)(C)C(C)(C)C. The van der Waals surface area contributed by atoms with Crippen molar-refractivity contribution in [3.05, 3.63) is 18.2 Å². The first-order valence-corrected chi connectivity index (χ1v) is 10.0. The van der Waals surface area contributed by atoms with Crippen molar-refractivity contribution in [2.45, 2.75) is 38.9 Å². The average molecular weight is 333 g/mol. The summed E-state index contributed by atoms with van der Waals surface area (Å²) in [5, 5.41) is 0.116. The van der Waals surface area contributed by atoms with Crippen molar-refractivity contribution in [3.8, 4) is 17.2 Å². The smallest absolute Gasteiger partial charge is 0.260 e. The van der Waals surface area contributed by atoms with Gasteiger partial charge in [-0.15, -0.1) is 0 Å². The Balaban J connectivity index is 3.05. The molecule has 112 valence electrons. The Bertz CT molecular complexity index is 498. The minimum atomic E-state index is -1.92. The summed E-state index contributed by atoms with van der Waals surface area (Å²) in [7, 11) is -0.322. The normalized spacial score (nSPS) is 11.9. The Morgan fingerprint density at radius 2 is 1.80 bits per heavy atom. The lowest BCUT2D eigenvalue weighted by Crippen LogP contribution is -2.43. The molecule has 3 nitrogen and oxygen atoms in total. The summed E-state index contributed by atoms with van der Waals surface area (Å²) in [4.78, 5) is 0. The number of rotatable bonds is 4. The third-order valence-electron chi connectivity index (χ3n) is 3.50. The first kappa shape index (κ1) is 17.3. The fourth-order valence-electron chi connectivity index (χ4n) is 1.32. The molecule has 0 bridgehead atoms. The van der Waals surface area contributed by atoms with E-state index in [0.717, 1.165) is 0 Å². The maximum atomic E-state index is 6.24. The lowest BCUT2D eigenvalue weighted by Gasteiger charge is -2.36. The molecular formula is C14H21ClO3SSi. The first-order chi connectivity index (χ1) is 9.06. The van der Waals surface area contributed by atoms with Gasteiger partial charge in [-0.3, -0.25) is 0 Å². The summed E-state index contributed by atoms with van der Waals surface area (Å²) < 4.78 is 16.7. The standard InChI is InChI=1S/C14H21ClO3SSi/c1-14(2,3)20(5,6)18-11-8-7-10(17-13(15)19)9-12(11)16-4/h7-9H,1-6H3. The predicted molar refractivity (Wildman–Crippen MR) is 89.9 cm³/mol. The second-order valence-electron chi connectivity index (χ2n) is 6.01. The van der Waals surface area contributed by atoms with E-state index in [1.807, 2.05) is 6.07 Å². The molecule has 0 heterocycles. The van der Waals surface area contributed by atoms with Crippen LogP contribution < -0.4 is 13.9 Å². The second kappa shape index (κ2) is 6.33. The molecule has 20 heavy (non-hydrogen) atoms. The van der Waals surface area contributed by atoms with Crippen LogP contribution in [0.3, 0.4) is 0 Å². The Kier molecular flexibility index (Phi) is 5.46. The van der Waals surface area contributed by atoms with E-state index in [1.54, 1.807) is 19.2 Å². The third kappa shape index (κ3) is 4.36. The van der Waals surface area contributed by atoms with Gasteiger partial charge in [-0.25, -0.2) is 0 Å². The van der Waals surface area contributed by atoms with E-state index in [9.17, 15) is 0 Å². The Morgan fingerprint density at radius 1 is 1.20 bits per heavy atom. The van der Waals surface area contributed by atoms with Gasteiger partial charge in [-0.1, -0.05) is 20.8 Å². The van der Waals surface area contributed by atoms with E-state index in [2.05, 4.69) is 33.9 Å². The molecule has 0 N–H and O–H groups in total. The van der Waals surface area contributed by atoms with Crippen molar-refractivity contribution < 1.29 is 13.9 Å². The number of halogens is 1. The number of benzene rings is 1. The molecule has 6 heteroatoms. The molecule has 0 radical (unpaired) electrons. The van der Waals surface area contributed by atoms with Crippen LogP contribution >= 0.6 is 23.8 Å². The fourth-order valence-corrected chi connectivity index (χ4v) is 2.53. The highest BCUT2D eigenvalue weighted by molar-refractivity contribution is 7.82. The minimum Gasteiger partial charge on any atom is -0.541 e. The monoisotopic (exact) mass is 332 g/mol. The highest BCUT2D eigenvalue weighted by Crippen LogP contribution is 2.40. The van der Waals surface area contributed by atoms with Crippen LogP contribution in [0.1, 0.15) is 20.8 Å². The molecule has 0 aromatic heterocycles. The Labute approximate surface area is 132 Å². The number of hydrogen-bond acceptors (Lipinski definition) is 4. The summed E-state index contributed by atoms with van der Waals surface area (Å²) in [5.41, 5.74) is 0. The molecule has 1 aromatic carbocycles. The molecule has 0 saturated heterocycles. The van der Waals surface area contributed by atoms with E-state index >= 15 is 0 Å².